The van der Waals surface area contributed by atoms with E-state index < -0.39 is 0 Å². The van der Waals surface area contributed by atoms with Crippen molar-refractivity contribution >= 4 is 18.3 Å². The summed E-state index contributed by atoms with van der Waals surface area (Å²) in [4.78, 5) is 12.0. The van der Waals surface area contributed by atoms with Crippen molar-refractivity contribution in [3.63, 3.8) is 0 Å². The summed E-state index contributed by atoms with van der Waals surface area (Å²) in [5.41, 5.74) is 1.44. The molecule has 1 unspecified atom stereocenters. The molecule has 0 aliphatic carbocycles. The normalized spacial score (nSPS) is 19.6. The number of amides is 1. The molecule has 1 aromatic heterocycles. The minimum atomic E-state index is -0.0875. The number of rotatable bonds is 2. The number of H-pyrrole nitrogens is 1. The Morgan fingerprint density at radius 2 is 2.21 bits per heavy atom. The number of piperidine rings is 1. The third-order valence-corrected chi connectivity index (χ3v) is 3.25. The molecular weight excluding hydrogens is 264 g/mol. The van der Waals surface area contributed by atoms with Crippen LogP contribution < -0.4 is 10.6 Å². The van der Waals surface area contributed by atoms with Crippen molar-refractivity contribution in [3.8, 4) is 0 Å². The van der Waals surface area contributed by atoms with Crippen molar-refractivity contribution in [2.75, 3.05) is 13.1 Å². The van der Waals surface area contributed by atoms with E-state index in [9.17, 15) is 4.79 Å². The van der Waals surface area contributed by atoms with Crippen LogP contribution in [0.5, 0.6) is 0 Å². The first kappa shape index (κ1) is 16.0. The van der Waals surface area contributed by atoms with Crippen molar-refractivity contribution < 1.29 is 4.79 Å². The fourth-order valence-corrected chi connectivity index (χ4v) is 2.06. The fraction of sp³-hybridized carbons (Fsp3) is 0.692. The number of nitrogens with one attached hydrogen (secondary N) is 3. The Kier molecular flexibility index (Phi) is 5.38. The molecule has 3 N–H and O–H groups in total. The van der Waals surface area contributed by atoms with Crippen LogP contribution in [0.4, 0.5) is 0 Å². The molecule has 1 amide bonds. The zero-order valence-corrected chi connectivity index (χ0v) is 12.6. The number of nitrogens with zero attached hydrogens (tertiary/aromatic N) is 1. The Balaban J connectivity index is 0.00000180. The van der Waals surface area contributed by atoms with Gasteiger partial charge in [0.1, 0.15) is 5.69 Å². The monoisotopic (exact) mass is 286 g/mol. The average Bonchev–Trinajstić information content (AvgIpc) is 2.79. The summed E-state index contributed by atoms with van der Waals surface area (Å²) >= 11 is 0. The van der Waals surface area contributed by atoms with Crippen LogP contribution in [0.3, 0.4) is 0 Å². The van der Waals surface area contributed by atoms with E-state index in [0.29, 0.717) is 5.69 Å². The van der Waals surface area contributed by atoms with Crippen LogP contribution >= 0.6 is 12.4 Å². The first-order chi connectivity index (χ1) is 8.47. The van der Waals surface area contributed by atoms with Crippen molar-refractivity contribution in [2.45, 2.75) is 45.1 Å². The summed E-state index contributed by atoms with van der Waals surface area (Å²) in [5.74, 6) is -0.0875. The highest BCUT2D eigenvalue weighted by Crippen LogP contribution is 2.20. The van der Waals surface area contributed by atoms with Crippen molar-refractivity contribution in [1.82, 2.24) is 20.8 Å². The van der Waals surface area contributed by atoms with Crippen LogP contribution in [-0.4, -0.2) is 35.2 Å². The molecule has 0 spiro atoms. The Hall–Kier alpha value is -1.07. The van der Waals surface area contributed by atoms with Gasteiger partial charge in [-0.1, -0.05) is 20.8 Å². The zero-order chi connectivity index (χ0) is 13.2. The van der Waals surface area contributed by atoms with Gasteiger partial charge in [0.05, 0.1) is 0 Å². The summed E-state index contributed by atoms with van der Waals surface area (Å²) in [5, 5.41) is 13.3. The van der Waals surface area contributed by atoms with Gasteiger partial charge in [-0.3, -0.25) is 9.89 Å². The summed E-state index contributed by atoms with van der Waals surface area (Å²) < 4.78 is 0. The predicted molar refractivity (Wildman–Crippen MR) is 77.9 cm³/mol. The van der Waals surface area contributed by atoms with Gasteiger partial charge in [0, 0.05) is 23.7 Å². The maximum atomic E-state index is 12.0. The highest BCUT2D eigenvalue weighted by Gasteiger charge is 2.21. The molecule has 1 aliphatic rings. The molecule has 6 heteroatoms. The second-order valence-corrected chi connectivity index (χ2v) is 5.93. The summed E-state index contributed by atoms with van der Waals surface area (Å²) in [6.45, 7) is 8.17. The number of carbonyl (C=O) groups is 1. The highest BCUT2D eigenvalue weighted by atomic mass is 35.5. The van der Waals surface area contributed by atoms with Crippen molar-refractivity contribution in [2.24, 2.45) is 0 Å². The highest BCUT2D eigenvalue weighted by molar-refractivity contribution is 5.92. The van der Waals surface area contributed by atoms with E-state index in [-0.39, 0.29) is 29.8 Å². The third kappa shape index (κ3) is 4.21. The number of aromatic amines is 1. The third-order valence-electron chi connectivity index (χ3n) is 3.25. The van der Waals surface area contributed by atoms with E-state index >= 15 is 0 Å². The molecule has 19 heavy (non-hydrogen) atoms. The molecule has 0 saturated carbocycles. The number of carbonyl (C=O) groups excluding carboxylic acids is 1. The lowest BCUT2D eigenvalue weighted by atomic mass is 9.92. The molecule has 1 saturated heterocycles. The minimum Gasteiger partial charge on any atom is -0.347 e. The quantitative estimate of drug-likeness (QED) is 0.774. The first-order valence-electron chi connectivity index (χ1n) is 6.54. The van der Waals surface area contributed by atoms with Gasteiger partial charge in [-0.15, -0.1) is 12.4 Å². The Morgan fingerprint density at radius 1 is 1.47 bits per heavy atom. The molecule has 2 rings (SSSR count). The van der Waals surface area contributed by atoms with Gasteiger partial charge in [-0.25, -0.2) is 0 Å². The van der Waals surface area contributed by atoms with Gasteiger partial charge in [0.25, 0.3) is 5.91 Å². The average molecular weight is 287 g/mol. The van der Waals surface area contributed by atoms with Crippen molar-refractivity contribution in [3.05, 3.63) is 17.5 Å². The van der Waals surface area contributed by atoms with Crippen LogP contribution in [0.2, 0.25) is 0 Å². The second kappa shape index (κ2) is 6.39. The van der Waals surface area contributed by atoms with Crippen LogP contribution in [-0.2, 0) is 5.41 Å². The van der Waals surface area contributed by atoms with Gasteiger partial charge in [0.2, 0.25) is 0 Å². The van der Waals surface area contributed by atoms with E-state index in [4.69, 9.17) is 0 Å². The number of aromatic nitrogens is 2. The van der Waals surface area contributed by atoms with Gasteiger partial charge in [-0.05, 0) is 25.5 Å². The van der Waals surface area contributed by atoms with E-state index in [1.54, 1.807) is 0 Å². The van der Waals surface area contributed by atoms with E-state index in [0.717, 1.165) is 31.6 Å². The topological polar surface area (TPSA) is 69.8 Å². The van der Waals surface area contributed by atoms with E-state index in [2.05, 4.69) is 41.6 Å². The maximum absolute atomic E-state index is 12.0. The molecule has 1 fully saturated rings. The molecule has 1 aliphatic heterocycles. The molecule has 0 bridgehead atoms. The molecule has 0 aromatic carbocycles. The van der Waals surface area contributed by atoms with Crippen LogP contribution in [0, 0.1) is 0 Å². The number of halogens is 1. The number of hydrogen-bond acceptors (Lipinski definition) is 3. The lowest BCUT2D eigenvalue weighted by Crippen LogP contribution is -2.45. The molecule has 5 nitrogen and oxygen atoms in total. The summed E-state index contributed by atoms with van der Waals surface area (Å²) in [6.07, 6.45) is 2.15. The van der Waals surface area contributed by atoms with Gasteiger partial charge >= 0.3 is 0 Å². The van der Waals surface area contributed by atoms with Gasteiger partial charge in [-0.2, -0.15) is 5.10 Å². The van der Waals surface area contributed by atoms with Crippen LogP contribution in [0.1, 0.15) is 49.8 Å². The summed E-state index contributed by atoms with van der Waals surface area (Å²) in [7, 11) is 0. The summed E-state index contributed by atoms with van der Waals surface area (Å²) in [6, 6.07) is 2.06. The SMILES string of the molecule is CC(C)(C)c1cc(C(=O)NC2CCCNC2)n[nH]1.Cl. The maximum Gasteiger partial charge on any atom is 0.272 e. The van der Waals surface area contributed by atoms with Gasteiger partial charge in [0.15, 0.2) is 0 Å². The molecule has 0 radical (unpaired) electrons. The molecule has 1 aromatic rings. The largest absolute Gasteiger partial charge is 0.347 e. The van der Waals surface area contributed by atoms with Crippen LogP contribution in [0.25, 0.3) is 0 Å². The van der Waals surface area contributed by atoms with E-state index in [1.165, 1.54) is 0 Å². The Morgan fingerprint density at radius 3 is 2.74 bits per heavy atom. The predicted octanol–water partition coefficient (Wildman–Crippen LogP) is 1.61. The lowest BCUT2D eigenvalue weighted by molar-refractivity contribution is 0.0925. The molecule has 1 atom stereocenters. The smallest absolute Gasteiger partial charge is 0.272 e. The van der Waals surface area contributed by atoms with Gasteiger partial charge < -0.3 is 10.6 Å². The lowest BCUT2D eigenvalue weighted by Gasteiger charge is -2.23. The Labute approximate surface area is 120 Å². The van der Waals surface area contributed by atoms with Crippen molar-refractivity contribution in [1.29, 1.82) is 0 Å². The second-order valence-electron chi connectivity index (χ2n) is 5.93. The Bertz CT molecular complexity index is 419. The standard InChI is InChI=1S/C13H22N4O.ClH/c1-13(2,3)11-7-10(16-17-11)12(18)15-9-5-4-6-14-8-9;/h7,9,14H,4-6,8H2,1-3H3,(H,15,18)(H,16,17);1H. The fourth-order valence-electron chi connectivity index (χ4n) is 2.06. The molecule has 108 valence electrons. The van der Waals surface area contributed by atoms with Crippen LogP contribution in [0.15, 0.2) is 6.07 Å². The first-order valence-corrected chi connectivity index (χ1v) is 6.54. The molecular formula is C13H23ClN4O. The molecule has 2 heterocycles. The van der Waals surface area contributed by atoms with E-state index in [1.807, 2.05) is 6.07 Å². The number of hydrogen-bond donors (Lipinski definition) is 3. The minimum absolute atomic E-state index is 0. The zero-order valence-electron chi connectivity index (χ0n) is 11.7.